The number of hydrogen-bond donors (Lipinski definition) is 3. The molecule has 0 bridgehead atoms. The molecule has 0 aliphatic carbocycles. The average molecular weight is 218 g/mol. The van der Waals surface area contributed by atoms with Gasteiger partial charge in [-0.2, -0.15) is 0 Å². The smallest absolute Gasteiger partial charge is 0.335 e. The first-order chi connectivity index (χ1) is 6.97. The van der Waals surface area contributed by atoms with Gasteiger partial charge < -0.3 is 24.8 Å². The largest absolute Gasteiger partial charge is 0.460 e. The highest BCUT2D eigenvalue weighted by atomic mass is 16.6. The van der Waals surface area contributed by atoms with E-state index in [4.69, 9.17) is 9.84 Å². The predicted molar refractivity (Wildman–Crippen MR) is 48.7 cm³/mol. The van der Waals surface area contributed by atoms with Gasteiger partial charge >= 0.3 is 5.97 Å². The van der Waals surface area contributed by atoms with Crippen molar-refractivity contribution in [1.82, 2.24) is 0 Å². The Kier molecular flexibility index (Phi) is 3.81. The summed E-state index contributed by atoms with van der Waals surface area (Å²) in [5, 5.41) is 27.7. The normalized spacial score (nSPS) is 29.5. The summed E-state index contributed by atoms with van der Waals surface area (Å²) in [6.45, 7) is 3.08. The van der Waals surface area contributed by atoms with Crippen LogP contribution in [0, 0.1) is 0 Å². The van der Waals surface area contributed by atoms with Crippen molar-refractivity contribution >= 4 is 5.97 Å². The maximum atomic E-state index is 11.3. The summed E-state index contributed by atoms with van der Waals surface area (Å²) in [7, 11) is 0. The van der Waals surface area contributed by atoms with Crippen LogP contribution in [-0.4, -0.2) is 52.5 Å². The van der Waals surface area contributed by atoms with Crippen molar-refractivity contribution in [2.75, 3.05) is 13.2 Å². The lowest BCUT2D eigenvalue weighted by molar-refractivity contribution is -0.280. The molecule has 3 N–H and O–H groups in total. The summed E-state index contributed by atoms with van der Waals surface area (Å²) in [6.07, 6.45) is -1.51. The fourth-order valence-electron chi connectivity index (χ4n) is 1.19. The fraction of sp³-hybridized carbons (Fsp3) is 0.667. The van der Waals surface area contributed by atoms with E-state index in [1.807, 2.05) is 0 Å². The zero-order chi connectivity index (χ0) is 11.5. The molecule has 1 aliphatic rings. The van der Waals surface area contributed by atoms with Crippen LogP contribution in [0.25, 0.3) is 0 Å². The van der Waals surface area contributed by atoms with Gasteiger partial charge in [0.1, 0.15) is 12.7 Å². The Hall–Kier alpha value is -0.950. The Labute approximate surface area is 86.7 Å². The molecule has 1 heterocycles. The summed E-state index contributed by atoms with van der Waals surface area (Å²) in [4.78, 5) is 11.3. The topological polar surface area (TPSA) is 96.2 Å². The van der Waals surface area contributed by atoms with Gasteiger partial charge in [0.15, 0.2) is 11.9 Å². The van der Waals surface area contributed by atoms with Gasteiger partial charge in [-0.25, -0.2) is 4.79 Å². The lowest BCUT2D eigenvalue weighted by Gasteiger charge is -2.35. The molecule has 0 aromatic heterocycles. The van der Waals surface area contributed by atoms with E-state index in [1.165, 1.54) is 6.08 Å². The average Bonchev–Trinajstić information content (AvgIpc) is 2.18. The number of carbonyl (C=O) groups excluding carboxylic acids is 1. The Morgan fingerprint density at radius 3 is 2.87 bits per heavy atom. The highest BCUT2D eigenvalue weighted by Gasteiger charge is 2.44. The summed E-state index contributed by atoms with van der Waals surface area (Å²) in [6, 6.07) is 0. The zero-order valence-corrected chi connectivity index (χ0v) is 8.13. The lowest BCUT2D eigenvalue weighted by Crippen LogP contribution is -2.54. The first-order valence-corrected chi connectivity index (χ1v) is 4.49. The molecule has 1 saturated heterocycles. The summed E-state index contributed by atoms with van der Waals surface area (Å²) in [5.41, 5.74) is 0. The van der Waals surface area contributed by atoms with E-state index in [1.54, 1.807) is 0 Å². The van der Waals surface area contributed by atoms with Crippen molar-refractivity contribution in [1.29, 1.82) is 0 Å². The van der Waals surface area contributed by atoms with Crippen LogP contribution in [-0.2, 0) is 14.3 Å². The Balaban J connectivity index is 2.51. The van der Waals surface area contributed by atoms with Gasteiger partial charge in [0.25, 0.3) is 0 Å². The van der Waals surface area contributed by atoms with Crippen LogP contribution in [0.3, 0.4) is 0 Å². The Morgan fingerprint density at radius 2 is 2.33 bits per heavy atom. The maximum absolute atomic E-state index is 11.3. The second kappa shape index (κ2) is 4.71. The van der Waals surface area contributed by atoms with Gasteiger partial charge in [-0.15, -0.1) is 0 Å². The molecule has 0 spiro atoms. The highest BCUT2D eigenvalue weighted by molar-refractivity contribution is 5.75. The number of hydrogen-bond acceptors (Lipinski definition) is 6. The van der Waals surface area contributed by atoms with Crippen molar-refractivity contribution in [3.05, 3.63) is 12.7 Å². The number of esters is 1. The highest BCUT2D eigenvalue weighted by Crippen LogP contribution is 2.23. The summed E-state index contributed by atoms with van der Waals surface area (Å²) < 4.78 is 9.58. The minimum absolute atomic E-state index is 0.0328. The van der Waals surface area contributed by atoms with Crippen molar-refractivity contribution in [3.8, 4) is 0 Å². The van der Waals surface area contributed by atoms with E-state index in [9.17, 15) is 15.0 Å². The standard InChI is InChI=1S/C9H14O6/c1-2-3-14-8(11)6-4-9(12,13)7(10)5-15-6/h2,6-7,10,12-13H,1,3-5H2. The molecule has 0 radical (unpaired) electrons. The van der Waals surface area contributed by atoms with Gasteiger partial charge in [0.05, 0.1) is 6.61 Å². The Bertz CT molecular complexity index is 249. The molecule has 6 nitrogen and oxygen atoms in total. The molecule has 0 aromatic carbocycles. The van der Waals surface area contributed by atoms with Crippen molar-refractivity contribution in [2.24, 2.45) is 0 Å². The number of aliphatic hydroxyl groups is 3. The third kappa shape index (κ3) is 3.00. The molecule has 2 unspecified atom stereocenters. The minimum atomic E-state index is -2.31. The van der Waals surface area contributed by atoms with E-state index in [0.29, 0.717) is 0 Å². The monoisotopic (exact) mass is 218 g/mol. The second-order valence-corrected chi connectivity index (χ2v) is 3.34. The molecule has 0 saturated carbocycles. The van der Waals surface area contributed by atoms with Gasteiger partial charge in [-0.05, 0) is 0 Å². The molecule has 0 amide bonds. The molecule has 1 aliphatic heterocycles. The van der Waals surface area contributed by atoms with E-state index in [2.05, 4.69) is 11.3 Å². The molecule has 1 fully saturated rings. The van der Waals surface area contributed by atoms with Crippen LogP contribution in [0.5, 0.6) is 0 Å². The van der Waals surface area contributed by atoms with Gasteiger partial charge in [0, 0.05) is 6.42 Å². The quantitative estimate of drug-likeness (QED) is 0.304. The molecule has 6 heteroatoms. The number of rotatable bonds is 3. The van der Waals surface area contributed by atoms with Crippen LogP contribution in [0.1, 0.15) is 6.42 Å². The second-order valence-electron chi connectivity index (χ2n) is 3.34. The van der Waals surface area contributed by atoms with Crippen molar-refractivity contribution in [2.45, 2.75) is 24.4 Å². The molecule has 15 heavy (non-hydrogen) atoms. The van der Waals surface area contributed by atoms with Crippen molar-refractivity contribution < 1.29 is 29.6 Å². The van der Waals surface area contributed by atoms with E-state index in [-0.39, 0.29) is 13.2 Å². The zero-order valence-electron chi connectivity index (χ0n) is 8.13. The fourth-order valence-corrected chi connectivity index (χ4v) is 1.19. The van der Waals surface area contributed by atoms with Gasteiger partial charge in [0.2, 0.25) is 0 Å². The molecule has 2 atom stereocenters. The van der Waals surface area contributed by atoms with Crippen LogP contribution in [0.15, 0.2) is 12.7 Å². The molecule has 86 valence electrons. The third-order valence-corrected chi connectivity index (χ3v) is 2.08. The van der Waals surface area contributed by atoms with Crippen LogP contribution < -0.4 is 0 Å². The van der Waals surface area contributed by atoms with Crippen molar-refractivity contribution in [3.63, 3.8) is 0 Å². The number of aliphatic hydroxyl groups excluding tert-OH is 1. The molecular formula is C9H14O6. The first-order valence-electron chi connectivity index (χ1n) is 4.49. The predicted octanol–water partition coefficient (Wildman–Crippen LogP) is -1.45. The Morgan fingerprint density at radius 1 is 1.67 bits per heavy atom. The summed E-state index contributed by atoms with van der Waals surface area (Å²) >= 11 is 0. The first kappa shape index (κ1) is 12.1. The minimum Gasteiger partial charge on any atom is -0.460 e. The molecule has 0 aromatic rings. The van der Waals surface area contributed by atoms with E-state index < -0.39 is 30.4 Å². The van der Waals surface area contributed by atoms with Gasteiger partial charge in [-0.1, -0.05) is 12.7 Å². The lowest BCUT2D eigenvalue weighted by atomic mass is 10.00. The van der Waals surface area contributed by atoms with Crippen LogP contribution in [0.2, 0.25) is 0 Å². The third-order valence-electron chi connectivity index (χ3n) is 2.08. The van der Waals surface area contributed by atoms with E-state index in [0.717, 1.165) is 0 Å². The number of carbonyl (C=O) groups is 1. The van der Waals surface area contributed by atoms with Crippen LogP contribution >= 0.6 is 0 Å². The molecular weight excluding hydrogens is 204 g/mol. The maximum Gasteiger partial charge on any atom is 0.335 e. The molecule has 1 rings (SSSR count). The van der Waals surface area contributed by atoms with Crippen LogP contribution in [0.4, 0.5) is 0 Å². The number of ether oxygens (including phenoxy) is 2. The summed E-state index contributed by atoms with van der Waals surface area (Å²) in [5.74, 6) is -3.01. The van der Waals surface area contributed by atoms with E-state index >= 15 is 0 Å². The SMILES string of the molecule is C=CCOC(=O)C1CC(O)(O)C(O)CO1. The van der Waals surface area contributed by atoms with Gasteiger partial charge in [-0.3, -0.25) is 0 Å².